The van der Waals surface area contributed by atoms with Crippen LogP contribution in [-0.4, -0.2) is 39.2 Å². The highest BCUT2D eigenvalue weighted by atomic mass is 32.2. The highest BCUT2D eigenvalue weighted by Gasteiger charge is 2.17. The van der Waals surface area contributed by atoms with E-state index in [0.717, 1.165) is 0 Å². The first kappa shape index (κ1) is 16.8. The number of nitrogens with one attached hydrogen (secondary N) is 1. The first-order chi connectivity index (χ1) is 11.0. The van der Waals surface area contributed by atoms with E-state index in [9.17, 15) is 8.42 Å². The van der Waals surface area contributed by atoms with E-state index >= 15 is 0 Å². The number of hydrogen-bond acceptors (Lipinski definition) is 7. The first-order valence-electron chi connectivity index (χ1n) is 6.70. The number of methoxy groups -OCH3 is 2. The van der Waals surface area contributed by atoms with Gasteiger partial charge in [0.2, 0.25) is 0 Å². The van der Waals surface area contributed by atoms with Gasteiger partial charge in [-0.15, -0.1) is 0 Å². The standard InChI is InChI=1S/C14H17N3O5S/c1-4-22-14-15-8-10(9-16-14)17-23(18,19)11-5-6-12(20-2)13(7-11)21-3/h5-9,17H,4H2,1-3H3. The maximum Gasteiger partial charge on any atom is 0.316 e. The van der Waals surface area contributed by atoms with Gasteiger partial charge in [0.1, 0.15) is 0 Å². The van der Waals surface area contributed by atoms with Gasteiger partial charge in [0.05, 0.1) is 43.8 Å². The lowest BCUT2D eigenvalue weighted by atomic mass is 10.3. The van der Waals surface area contributed by atoms with Gasteiger partial charge in [-0.25, -0.2) is 18.4 Å². The van der Waals surface area contributed by atoms with Crippen molar-refractivity contribution >= 4 is 15.7 Å². The van der Waals surface area contributed by atoms with Crippen molar-refractivity contribution in [3.05, 3.63) is 30.6 Å². The van der Waals surface area contributed by atoms with Crippen LogP contribution < -0.4 is 18.9 Å². The number of hydrogen-bond donors (Lipinski definition) is 1. The molecule has 0 aliphatic rings. The van der Waals surface area contributed by atoms with Gasteiger partial charge in [0, 0.05) is 6.07 Å². The summed E-state index contributed by atoms with van der Waals surface area (Å²) in [5.74, 6) is 0.758. The fourth-order valence-corrected chi connectivity index (χ4v) is 2.81. The van der Waals surface area contributed by atoms with Crippen LogP contribution in [0.5, 0.6) is 17.5 Å². The van der Waals surface area contributed by atoms with Crippen LogP contribution in [0.15, 0.2) is 35.5 Å². The van der Waals surface area contributed by atoms with Crippen LogP contribution in [0.2, 0.25) is 0 Å². The molecule has 0 unspecified atom stereocenters. The number of sulfonamides is 1. The average Bonchev–Trinajstić information content (AvgIpc) is 2.56. The second-order valence-corrected chi connectivity index (χ2v) is 5.99. The Morgan fingerprint density at radius 1 is 1.09 bits per heavy atom. The molecule has 8 nitrogen and oxygen atoms in total. The van der Waals surface area contributed by atoms with Crippen molar-refractivity contribution in [1.29, 1.82) is 0 Å². The fourth-order valence-electron chi connectivity index (χ4n) is 1.77. The molecule has 0 radical (unpaired) electrons. The summed E-state index contributed by atoms with van der Waals surface area (Å²) >= 11 is 0. The Balaban J connectivity index is 2.24. The van der Waals surface area contributed by atoms with Gasteiger partial charge in [-0.1, -0.05) is 0 Å². The zero-order valence-corrected chi connectivity index (χ0v) is 13.8. The van der Waals surface area contributed by atoms with Gasteiger partial charge in [0.25, 0.3) is 10.0 Å². The van der Waals surface area contributed by atoms with E-state index in [1.54, 1.807) is 6.92 Å². The Bertz CT molecular complexity index is 762. The second kappa shape index (κ2) is 7.14. The molecule has 0 bridgehead atoms. The molecule has 1 aromatic heterocycles. The lowest BCUT2D eigenvalue weighted by Gasteiger charge is -2.11. The molecule has 0 saturated carbocycles. The Kier molecular flexibility index (Phi) is 5.22. The van der Waals surface area contributed by atoms with Crippen LogP contribution in [0.1, 0.15) is 6.92 Å². The SMILES string of the molecule is CCOc1ncc(NS(=O)(=O)c2ccc(OC)c(OC)c2)cn1. The highest BCUT2D eigenvalue weighted by molar-refractivity contribution is 7.92. The third-order valence-electron chi connectivity index (χ3n) is 2.82. The summed E-state index contributed by atoms with van der Waals surface area (Å²) in [5.41, 5.74) is 0.225. The van der Waals surface area contributed by atoms with Crippen LogP contribution in [-0.2, 0) is 10.0 Å². The summed E-state index contributed by atoms with van der Waals surface area (Å²) in [6.45, 7) is 2.23. The first-order valence-corrected chi connectivity index (χ1v) is 8.18. The van der Waals surface area contributed by atoms with Crippen LogP contribution in [0.4, 0.5) is 5.69 Å². The summed E-state index contributed by atoms with van der Waals surface area (Å²) in [4.78, 5) is 7.84. The Hall–Kier alpha value is -2.55. The van der Waals surface area contributed by atoms with E-state index in [0.29, 0.717) is 18.1 Å². The molecule has 1 N–H and O–H groups in total. The van der Waals surface area contributed by atoms with Gasteiger partial charge in [-0.3, -0.25) is 4.72 Å². The molecule has 23 heavy (non-hydrogen) atoms. The minimum Gasteiger partial charge on any atom is -0.493 e. The normalized spacial score (nSPS) is 10.9. The summed E-state index contributed by atoms with van der Waals surface area (Å²) in [6.07, 6.45) is 2.66. The molecule has 0 aliphatic carbocycles. The molecule has 0 fully saturated rings. The van der Waals surface area contributed by atoms with Gasteiger partial charge in [-0.05, 0) is 19.1 Å². The minimum atomic E-state index is -3.80. The van der Waals surface area contributed by atoms with Gasteiger partial charge < -0.3 is 14.2 Å². The van der Waals surface area contributed by atoms with Gasteiger partial charge in [0.15, 0.2) is 11.5 Å². The van der Waals surface area contributed by atoms with E-state index in [1.165, 1.54) is 44.8 Å². The smallest absolute Gasteiger partial charge is 0.316 e. The molecule has 9 heteroatoms. The maximum atomic E-state index is 12.4. The lowest BCUT2D eigenvalue weighted by Crippen LogP contribution is -2.13. The molecule has 0 saturated heterocycles. The topological polar surface area (TPSA) is 99.6 Å². The molecule has 1 aromatic carbocycles. The van der Waals surface area contributed by atoms with E-state index < -0.39 is 10.0 Å². The zero-order chi connectivity index (χ0) is 16.9. The molecule has 1 heterocycles. The predicted octanol–water partition coefficient (Wildman–Crippen LogP) is 1.69. The monoisotopic (exact) mass is 339 g/mol. The van der Waals surface area contributed by atoms with Crippen molar-refractivity contribution in [1.82, 2.24) is 9.97 Å². The molecular weight excluding hydrogens is 322 g/mol. The van der Waals surface area contributed by atoms with E-state index in [1.807, 2.05) is 0 Å². The summed E-state index contributed by atoms with van der Waals surface area (Å²) in [7, 11) is -0.896. The molecule has 0 atom stereocenters. The highest BCUT2D eigenvalue weighted by Crippen LogP contribution is 2.30. The van der Waals surface area contributed by atoms with Crippen molar-refractivity contribution in [2.24, 2.45) is 0 Å². The number of aromatic nitrogens is 2. The van der Waals surface area contributed by atoms with Crippen LogP contribution >= 0.6 is 0 Å². The number of rotatable bonds is 7. The number of benzene rings is 1. The zero-order valence-electron chi connectivity index (χ0n) is 12.9. The minimum absolute atomic E-state index is 0.0315. The van der Waals surface area contributed by atoms with E-state index in [-0.39, 0.29) is 16.6 Å². The number of ether oxygens (including phenoxy) is 3. The Morgan fingerprint density at radius 2 is 1.74 bits per heavy atom. The average molecular weight is 339 g/mol. The van der Waals surface area contributed by atoms with E-state index in [2.05, 4.69) is 14.7 Å². The second-order valence-electron chi connectivity index (χ2n) is 4.31. The predicted molar refractivity (Wildman–Crippen MR) is 83.6 cm³/mol. The Labute approximate surface area is 134 Å². The molecule has 2 rings (SSSR count). The van der Waals surface area contributed by atoms with Crippen molar-refractivity contribution in [3.8, 4) is 17.5 Å². The molecule has 0 spiro atoms. The lowest BCUT2D eigenvalue weighted by molar-refractivity contribution is 0.312. The third-order valence-corrected chi connectivity index (χ3v) is 4.20. The fraction of sp³-hybridized carbons (Fsp3) is 0.286. The van der Waals surface area contributed by atoms with Crippen LogP contribution in [0.3, 0.4) is 0 Å². The quantitative estimate of drug-likeness (QED) is 0.819. The van der Waals surface area contributed by atoms with Crippen molar-refractivity contribution in [2.45, 2.75) is 11.8 Å². The van der Waals surface area contributed by atoms with Gasteiger partial charge >= 0.3 is 6.01 Å². The molecular formula is C14H17N3O5S. The van der Waals surface area contributed by atoms with E-state index in [4.69, 9.17) is 14.2 Å². The Morgan fingerprint density at radius 3 is 2.30 bits per heavy atom. The summed E-state index contributed by atoms with van der Waals surface area (Å²) in [6, 6.07) is 4.49. The van der Waals surface area contributed by atoms with Crippen molar-refractivity contribution in [3.63, 3.8) is 0 Å². The molecule has 124 valence electrons. The molecule has 2 aromatic rings. The van der Waals surface area contributed by atoms with Crippen molar-refractivity contribution < 1.29 is 22.6 Å². The maximum absolute atomic E-state index is 12.4. The molecule has 0 aliphatic heterocycles. The van der Waals surface area contributed by atoms with Crippen LogP contribution in [0, 0.1) is 0 Å². The number of anilines is 1. The summed E-state index contributed by atoms with van der Waals surface area (Å²) in [5, 5.41) is 0. The van der Waals surface area contributed by atoms with Crippen LogP contribution in [0.25, 0.3) is 0 Å². The summed E-state index contributed by atoms with van der Waals surface area (Å²) < 4.78 is 42.5. The largest absolute Gasteiger partial charge is 0.493 e. The number of nitrogens with zero attached hydrogens (tertiary/aromatic N) is 2. The molecule has 0 amide bonds. The third kappa shape index (κ3) is 4.01. The van der Waals surface area contributed by atoms with Crippen molar-refractivity contribution in [2.75, 3.05) is 25.5 Å². The van der Waals surface area contributed by atoms with Gasteiger partial charge in [-0.2, -0.15) is 0 Å².